The van der Waals surface area contributed by atoms with E-state index in [9.17, 15) is 4.79 Å². The van der Waals surface area contributed by atoms with Gasteiger partial charge < -0.3 is 10.1 Å². The normalized spacial score (nSPS) is 16.3. The molecule has 0 radical (unpaired) electrons. The number of hydrogen-bond acceptors (Lipinski definition) is 5. The molecule has 1 aromatic heterocycles. The Morgan fingerprint density at radius 2 is 2.08 bits per heavy atom. The van der Waals surface area contributed by atoms with Crippen molar-refractivity contribution < 1.29 is 9.53 Å². The highest BCUT2D eigenvalue weighted by Crippen LogP contribution is 2.27. The lowest BCUT2D eigenvalue weighted by molar-refractivity contribution is -0.122. The summed E-state index contributed by atoms with van der Waals surface area (Å²) in [5, 5.41) is 11.3. The van der Waals surface area contributed by atoms with Crippen molar-refractivity contribution in [1.82, 2.24) is 20.1 Å². The molecule has 1 atom stereocenters. The van der Waals surface area contributed by atoms with Crippen molar-refractivity contribution in [3.05, 3.63) is 34.1 Å². The number of carbonyl (C=O) groups excluding carboxylic acids is 1. The van der Waals surface area contributed by atoms with E-state index in [1.165, 1.54) is 0 Å². The van der Waals surface area contributed by atoms with Crippen molar-refractivity contribution in [1.29, 1.82) is 0 Å². The maximum absolute atomic E-state index is 12.4. The minimum atomic E-state index is -0.730. The van der Waals surface area contributed by atoms with Crippen LogP contribution < -0.4 is 15.4 Å². The van der Waals surface area contributed by atoms with Crippen LogP contribution in [0.25, 0.3) is 0 Å². The lowest BCUT2D eigenvalue weighted by atomic mass is 9.98. The van der Waals surface area contributed by atoms with E-state index in [2.05, 4.69) is 20.7 Å². The molecule has 2 N–H and O–H groups in total. The molecule has 1 aromatic carbocycles. The molecule has 26 heavy (non-hydrogen) atoms. The van der Waals surface area contributed by atoms with E-state index in [0.717, 1.165) is 31.8 Å². The van der Waals surface area contributed by atoms with Crippen LogP contribution in [0, 0.1) is 0 Å². The molecule has 1 amide bonds. The first kappa shape index (κ1) is 18.9. The average Bonchev–Trinajstić information content (AvgIpc) is 2.99. The van der Waals surface area contributed by atoms with Gasteiger partial charge in [0, 0.05) is 19.0 Å². The number of nitrogens with zero attached hydrogens (tertiary/aromatic N) is 3. The number of nitrogens with one attached hydrogen (secondary N) is 2. The molecule has 1 aliphatic rings. The smallest absolute Gasteiger partial charge is 0.267 e. The summed E-state index contributed by atoms with van der Waals surface area (Å²) in [6, 6.07) is 4.86. The molecule has 1 aliphatic heterocycles. The standard InChI is InChI=1S/C17H21Cl2N5O2/c1-10(26-12-3-4-13(18)14(19)9-12)16(25)22-17-21-15(23-24(17)2)11-5-7-20-8-6-11/h3-4,9-11,20H,5-8H2,1-2H3,(H,21,22,23,25). The summed E-state index contributed by atoms with van der Waals surface area (Å²) in [6.07, 6.45) is 1.26. The van der Waals surface area contributed by atoms with E-state index in [4.69, 9.17) is 27.9 Å². The molecule has 140 valence electrons. The molecule has 1 saturated heterocycles. The third-order valence-corrected chi connectivity index (χ3v) is 5.03. The quantitative estimate of drug-likeness (QED) is 0.810. The van der Waals surface area contributed by atoms with E-state index >= 15 is 0 Å². The van der Waals surface area contributed by atoms with Crippen LogP contribution in [0.1, 0.15) is 31.5 Å². The number of hydrogen-bond donors (Lipinski definition) is 2. The fraction of sp³-hybridized carbons (Fsp3) is 0.471. The van der Waals surface area contributed by atoms with Gasteiger partial charge in [-0.05, 0) is 45.0 Å². The van der Waals surface area contributed by atoms with E-state index in [1.807, 2.05) is 0 Å². The number of halogens is 2. The second-order valence-electron chi connectivity index (χ2n) is 6.27. The molecule has 0 saturated carbocycles. The molecule has 0 aliphatic carbocycles. The first-order chi connectivity index (χ1) is 12.4. The Kier molecular flexibility index (Phi) is 6.01. The summed E-state index contributed by atoms with van der Waals surface area (Å²) in [5.74, 6) is 1.65. The predicted molar refractivity (Wildman–Crippen MR) is 101 cm³/mol. The number of aryl methyl sites for hydroxylation is 1. The van der Waals surface area contributed by atoms with Crippen LogP contribution in [0.15, 0.2) is 18.2 Å². The molecule has 2 aromatic rings. The van der Waals surface area contributed by atoms with Crippen molar-refractivity contribution in [2.45, 2.75) is 31.8 Å². The number of amides is 1. The van der Waals surface area contributed by atoms with Gasteiger partial charge in [0.15, 0.2) is 11.9 Å². The number of rotatable bonds is 5. The van der Waals surface area contributed by atoms with Crippen molar-refractivity contribution in [3.8, 4) is 5.75 Å². The van der Waals surface area contributed by atoms with Crippen LogP contribution in [0.5, 0.6) is 5.75 Å². The summed E-state index contributed by atoms with van der Waals surface area (Å²) >= 11 is 11.8. The Morgan fingerprint density at radius 3 is 2.77 bits per heavy atom. The Bertz CT molecular complexity index is 789. The number of carbonyl (C=O) groups is 1. The van der Waals surface area contributed by atoms with Crippen molar-refractivity contribution in [2.24, 2.45) is 7.05 Å². The zero-order valence-electron chi connectivity index (χ0n) is 14.6. The van der Waals surface area contributed by atoms with Gasteiger partial charge in [-0.1, -0.05) is 23.2 Å². The predicted octanol–water partition coefficient (Wildman–Crippen LogP) is 2.99. The van der Waals surface area contributed by atoms with E-state index in [-0.39, 0.29) is 5.91 Å². The van der Waals surface area contributed by atoms with Gasteiger partial charge in [-0.2, -0.15) is 10.1 Å². The highest BCUT2D eigenvalue weighted by molar-refractivity contribution is 6.42. The summed E-state index contributed by atoms with van der Waals surface area (Å²) in [4.78, 5) is 16.9. The first-order valence-electron chi connectivity index (χ1n) is 8.48. The number of benzene rings is 1. The largest absolute Gasteiger partial charge is 0.481 e. The summed E-state index contributed by atoms with van der Waals surface area (Å²) in [7, 11) is 1.76. The second-order valence-corrected chi connectivity index (χ2v) is 7.08. The molecular weight excluding hydrogens is 377 g/mol. The number of piperidine rings is 1. The molecular formula is C17H21Cl2N5O2. The number of aromatic nitrogens is 3. The molecule has 0 bridgehead atoms. The summed E-state index contributed by atoms with van der Waals surface area (Å²) in [6.45, 7) is 3.57. The Balaban J connectivity index is 1.63. The summed E-state index contributed by atoms with van der Waals surface area (Å²) in [5.41, 5.74) is 0. The van der Waals surface area contributed by atoms with Crippen molar-refractivity contribution in [2.75, 3.05) is 18.4 Å². The minimum Gasteiger partial charge on any atom is -0.481 e. The summed E-state index contributed by atoms with van der Waals surface area (Å²) < 4.78 is 7.21. The van der Waals surface area contributed by atoms with Gasteiger partial charge in [-0.3, -0.25) is 10.1 Å². The number of ether oxygens (including phenoxy) is 1. The Hall–Kier alpha value is -1.83. The fourth-order valence-corrected chi connectivity index (χ4v) is 3.07. The van der Waals surface area contributed by atoms with Gasteiger partial charge in [0.1, 0.15) is 5.75 Å². The lowest BCUT2D eigenvalue weighted by Crippen LogP contribution is -2.31. The zero-order chi connectivity index (χ0) is 18.7. The highest BCUT2D eigenvalue weighted by atomic mass is 35.5. The third kappa shape index (κ3) is 4.47. The molecule has 9 heteroatoms. The van der Waals surface area contributed by atoms with Crippen LogP contribution in [0.4, 0.5) is 5.95 Å². The van der Waals surface area contributed by atoms with Gasteiger partial charge in [0.25, 0.3) is 5.91 Å². The molecule has 1 fully saturated rings. The van der Waals surface area contributed by atoms with Gasteiger partial charge in [-0.15, -0.1) is 0 Å². The highest BCUT2D eigenvalue weighted by Gasteiger charge is 2.23. The van der Waals surface area contributed by atoms with Crippen molar-refractivity contribution in [3.63, 3.8) is 0 Å². The minimum absolute atomic E-state index is 0.316. The van der Waals surface area contributed by atoms with Gasteiger partial charge >= 0.3 is 0 Å². The average molecular weight is 398 g/mol. The maximum atomic E-state index is 12.4. The molecule has 0 spiro atoms. The topological polar surface area (TPSA) is 81.1 Å². The first-order valence-corrected chi connectivity index (χ1v) is 9.24. The van der Waals surface area contributed by atoms with Crippen LogP contribution in [0.2, 0.25) is 10.0 Å². The Morgan fingerprint density at radius 1 is 1.35 bits per heavy atom. The lowest BCUT2D eigenvalue weighted by Gasteiger charge is -2.19. The van der Waals surface area contributed by atoms with Crippen LogP contribution >= 0.6 is 23.2 Å². The molecule has 7 nitrogen and oxygen atoms in total. The number of anilines is 1. The SMILES string of the molecule is CC(Oc1ccc(Cl)c(Cl)c1)C(=O)Nc1nc(C2CCNCC2)nn1C. The molecule has 3 rings (SSSR count). The monoisotopic (exact) mass is 397 g/mol. The third-order valence-electron chi connectivity index (χ3n) is 4.29. The van der Waals surface area contributed by atoms with Gasteiger partial charge in [0.2, 0.25) is 5.95 Å². The zero-order valence-corrected chi connectivity index (χ0v) is 16.1. The molecule has 1 unspecified atom stereocenters. The van der Waals surface area contributed by atoms with Crippen molar-refractivity contribution >= 4 is 35.1 Å². The van der Waals surface area contributed by atoms with Gasteiger partial charge in [0.05, 0.1) is 10.0 Å². The second kappa shape index (κ2) is 8.24. The fourth-order valence-electron chi connectivity index (χ4n) is 2.79. The van der Waals surface area contributed by atoms with E-state index < -0.39 is 6.10 Å². The van der Waals surface area contributed by atoms with Gasteiger partial charge in [-0.25, -0.2) is 4.68 Å². The van der Waals surface area contributed by atoms with E-state index in [0.29, 0.717) is 27.7 Å². The van der Waals surface area contributed by atoms with Crippen LogP contribution in [0.3, 0.4) is 0 Å². The Labute approximate surface area is 162 Å². The maximum Gasteiger partial charge on any atom is 0.267 e. The van der Waals surface area contributed by atoms with E-state index in [1.54, 1.807) is 36.9 Å². The van der Waals surface area contributed by atoms with Crippen LogP contribution in [-0.2, 0) is 11.8 Å². The molecule has 2 heterocycles. The van der Waals surface area contributed by atoms with Crippen LogP contribution in [-0.4, -0.2) is 39.9 Å².